The van der Waals surface area contributed by atoms with Crippen molar-refractivity contribution in [3.8, 4) is 5.75 Å². The number of nitrogens with two attached hydrogens (primary N) is 1. The van der Waals surface area contributed by atoms with Crippen molar-refractivity contribution in [1.82, 2.24) is 0 Å². The van der Waals surface area contributed by atoms with E-state index in [9.17, 15) is 5.11 Å². The van der Waals surface area contributed by atoms with Crippen LogP contribution in [0.1, 0.15) is 24.0 Å². The van der Waals surface area contributed by atoms with Crippen LogP contribution in [-0.4, -0.2) is 11.7 Å². The summed E-state index contributed by atoms with van der Waals surface area (Å²) in [7, 11) is 0. The zero-order valence-electron chi connectivity index (χ0n) is 8.18. The van der Waals surface area contributed by atoms with Crippen molar-refractivity contribution in [2.24, 2.45) is 5.73 Å². The molecule has 1 fully saturated rings. The van der Waals surface area contributed by atoms with E-state index in [0.29, 0.717) is 12.3 Å². The highest BCUT2D eigenvalue weighted by molar-refractivity contribution is 9.10. The van der Waals surface area contributed by atoms with Crippen LogP contribution in [0.3, 0.4) is 0 Å². The van der Waals surface area contributed by atoms with Gasteiger partial charge in [0.2, 0.25) is 0 Å². The Bertz CT molecular complexity index is 372. The summed E-state index contributed by atoms with van der Waals surface area (Å²) in [6, 6.07) is 3.61. The molecule has 0 amide bonds. The van der Waals surface area contributed by atoms with E-state index in [4.69, 9.17) is 5.73 Å². The minimum Gasteiger partial charge on any atom is -0.508 e. The molecule has 0 aromatic heterocycles. The average Bonchev–Trinajstić information content (AvgIpc) is 2.93. The van der Waals surface area contributed by atoms with Crippen LogP contribution in [0.25, 0.3) is 0 Å². The Kier molecular flexibility index (Phi) is 2.32. The molecule has 14 heavy (non-hydrogen) atoms. The summed E-state index contributed by atoms with van der Waals surface area (Å²) in [6.45, 7) is 2.65. The van der Waals surface area contributed by atoms with Crippen molar-refractivity contribution in [1.29, 1.82) is 0 Å². The average molecular weight is 256 g/mol. The van der Waals surface area contributed by atoms with Crippen LogP contribution in [0.4, 0.5) is 0 Å². The van der Waals surface area contributed by atoms with Crippen LogP contribution >= 0.6 is 15.9 Å². The Morgan fingerprint density at radius 2 is 2.14 bits per heavy atom. The number of phenolic OH excluding ortho intramolecular Hbond substituents is 1. The summed E-state index contributed by atoms with van der Waals surface area (Å²) in [5, 5.41) is 9.85. The molecule has 0 spiro atoms. The minimum absolute atomic E-state index is 0.0535. The van der Waals surface area contributed by atoms with Gasteiger partial charge in [0.05, 0.1) is 0 Å². The molecule has 1 aromatic carbocycles. The quantitative estimate of drug-likeness (QED) is 0.853. The second-order valence-corrected chi connectivity index (χ2v) is 4.91. The zero-order valence-corrected chi connectivity index (χ0v) is 9.76. The molecular weight excluding hydrogens is 242 g/mol. The summed E-state index contributed by atoms with van der Waals surface area (Å²) < 4.78 is 1.05. The van der Waals surface area contributed by atoms with Gasteiger partial charge >= 0.3 is 0 Å². The zero-order chi connectivity index (χ0) is 10.3. The summed E-state index contributed by atoms with van der Waals surface area (Å²) in [5.74, 6) is 0.383. The summed E-state index contributed by atoms with van der Waals surface area (Å²) in [4.78, 5) is 0. The molecule has 0 bridgehead atoms. The summed E-state index contributed by atoms with van der Waals surface area (Å²) in [5.41, 5.74) is 7.97. The third kappa shape index (κ3) is 1.35. The predicted molar refractivity (Wildman–Crippen MR) is 60.5 cm³/mol. The van der Waals surface area contributed by atoms with Crippen LogP contribution in [0.2, 0.25) is 0 Å². The van der Waals surface area contributed by atoms with Crippen LogP contribution in [0, 0.1) is 6.92 Å². The van der Waals surface area contributed by atoms with Crippen LogP contribution < -0.4 is 5.73 Å². The highest BCUT2D eigenvalue weighted by Gasteiger charge is 2.45. The number of halogens is 1. The lowest BCUT2D eigenvalue weighted by molar-refractivity contribution is 0.458. The van der Waals surface area contributed by atoms with Gasteiger partial charge < -0.3 is 10.8 Å². The van der Waals surface area contributed by atoms with E-state index in [-0.39, 0.29) is 5.41 Å². The van der Waals surface area contributed by atoms with Gasteiger partial charge in [0.25, 0.3) is 0 Å². The lowest BCUT2D eigenvalue weighted by Crippen LogP contribution is -2.21. The molecule has 76 valence electrons. The molecule has 0 radical (unpaired) electrons. The molecule has 1 aliphatic rings. The van der Waals surface area contributed by atoms with Gasteiger partial charge in [0.15, 0.2) is 0 Å². The smallest absolute Gasteiger partial charge is 0.119 e. The van der Waals surface area contributed by atoms with Crippen molar-refractivity contribution >= 4 is 15.9 Å². The second kappa shape index (κ2) is 3.24. The van der Waals surface area contributed by atoms with Crippen molar-refractivity contribution in [3.05, 3.63) is 27.7 Å². The molecule has 2 rings (SSSR count). The first-order valence-electron chi connectivity index (χ1n) is 4.79. The first-order chi connectivity index (χ1) is 6.60. The van der Waals surface area contributed by atoms with Gasteiger partial charge in [-0.2, -0.15) is 0 Å². The van der Waals surface area contributed by atoms with E-state index in [2.05, 4.69) is 15.9 Å². The molecule has 1 aliphatic carbocycles. The maximum absolute atomic E-state index is 9.85. The molecule has 0 heterocycles. The fourth-order valence-electron chi connectivity index (χ4n) is 2.05. The van der Waals surface area contributed by atoms with Gasteiger partial charge in [-0.15, -0.1) is 0 Å². The van der Waals surface area contributed by atoms with Gasteiger partial charge in [-0.3, -0.25) is 0 Å². The number of aromatic hydroxyl groups is 1. The van der Waals surface area contributed by atoms with Gasteiger partial charge in [0, 0.05) is 22.0 Å². The molecule has 3 heteroatoms. The number of benzene rings is 1. The molecule has 3 N–H and O–H groups in total. The summed E-state index contributed by atoms with van der Waals surface area (Å²) in [6.07, 6.45) is 2.18. The van der Waals surface area contributed by atoms with Crippen LogP contribution in [-0.2, 0) is 5.41 Å². The SMILES string of the molecule is Cc1c(Br)ccc(O)c1C1(CN)CC1. The van der Waals surface area contributed by atoms with Crippen molar-refractivity contribution < 1.29 is 5.11 Å². The van der Waals surface area contributed by atoms with Gasteiger partial charge in [-0.25, -0.2) is 0 Å². The third-order valence-electron chi connectivity index (χ3n) is 3.15. The summed E-state index contributed by atoms with van der Waals surface area (Å²) >= 11 is 3.48. The fraction of sp³-hybridized carbons (Fsp3) is 0.455. The van der Waals surface area contributed by atoms with E-state index in [1.807, 2.05) is 13.0 Å². The Morgan fingerprint density at radius 3 is 2.64 bits per heavy atom. The topological polar surface area (TPSA) is 46.2 Å². The maximum Gasteiger partial charge on any atom is 0.119 e. The molecule has 0 unspecified atom stereocenters. The lowest BCUT2D eigenvalue weighted by atomic mass is 9.91. The van der Waals surface area contributed by atoms with Crippen molar-refractivity contribution in [2.45, 2.75) is 25.2 Å². The lowest BCUT2D eigenvalue weighted by Gasteiger charge is -2.18. The molecule has 0 atom stereocenters. The molecule has 0 saturated heterocycles. The van der Waals surface area contributed by atoms with Crippen molar-refractivity contribution in [2.75, 3.05) is 6.54 Å². The fourth-order valence-corrected chi connectivity index (χ4v) is 2.38. The van der Waals surface area contributed by atoms with E-state index in [1.54, 1.807) is 6.07 Å². The van der Waals surface area contributed by atoms with E-state index in [1.165, 1.54) is 0 Å². The molecule has 2 nitrogen and oxygen atoms in total. The highest BCUT2D eigenvalue weighted by atomic mass is 79.9. The molecular formula is C11H14BrNO. The monoisotopic (exact) mass is 255 g/mol. The van der Waals surface area contributed by atoms with Crippen LogP contribution in [0.5, 0.6) is 5.75 Å². The Balaban J connectivity index is 2.57. The first-order valence-corrected chi connectivity index (χ1v) is 5.59. The number of rotatable bonds is 2. The molecule has 0 aliphatic heterocycles. The van der Waals surface area contributed by atoms with E-state index < -0.39 is 0 Å². The maximum atomic E-state index is 9.85. The van der Waals surface area contributed by atoms with Gasteiger partial charge in [-0.05, 0) is 37.5 Å². The largest absolute Gasteiger partial charge is 0.508 e. The molecule has 1 saturated carbocycles. The Labute approximate surface area is 92.3 Å². The van der Waals surface area contributed by atoms with E-state index in [0.717, 1.165) is 28.4 Å². The number of phenols is 1. The van der Waals surface area contributed by atoms with Crippen LogP contribution in [0.15, 0.2) is 16.6 Å². The Morgan fingerprint density at radius 1 is 1.50 bits per heavy atom. The third-order valence-corrected chi connectivity index (χ3v) is 4.01. The number of hydrogen-bond donors (Lipinski definition) is 2. The normalized spacial score (nSPS) is 18.2. The van der Waals surface area contributed by atoms with Crippen molar-refractivity contribution in [3.63, 3.8) is 0 Å². The highest BCUT2D eigenvalue weighted by Crippen LogP contribution is 2.52. The van der Waals surface area contributed by atoms with Gasteiger partial charge in [-0.1, -0.05) is 15.9 Å². The molecule has 1 aromatic rings. The predicted octanol–water partition coefficient (Wildman–Crippen LogP) is 2.45. The minimum atomic E-state index is 0.0535. The van der Waals surface area contributed by atoms with E-state index >= 15 is 0 Å². The van der Waals surface area contributed by atoms with Gasteiger partial charge in [0.1, 0.15) is 5.75 Å². The first kappa shape index (κ1) is 9.99. The Hall–Kier alpha value is -0.540. The standard InChI is InChI=1S/C11H14BrNO/c1-7-8(12)2-3-9(14)10(7)11(6-13)4-5-11/h2-3,14H,4-6,13H2,1H3. The second-order valence-electron chi connectivity index (χ2n) is 4.05. The number of hydrogen-bond acceptors (Lipinski definition) is 2.